The molecule has 0 atom stereocenters. The van der Waals surface area contributed by atoms with Crippen molar-refractivity contribution in [3.8, 4) is 17.2 Å². The van der Waals surface area contributed by atoms with Gasteiger partial charge in [0.15, 0.2) is 5.78 Å². The summed E-state index contributed by atoms with van der Waals surface area (Å²) in [5.41, 5.74) is 2.19. The predicted octanol–water partition coefficient (Wildman–Crippen LogP) is 4.70. The lowest BCUT2D eigenvalue weighted by Gasteiger charge is -2.14. The lowest BCUT2D eigenvalue weighted by Crippen LogP contribution is -2.06. The van der Waals surface area contributed by atoms with Gasteiger partial charge in [-0.1, -0.05) is 29.3 Å². The molecule has 0 saturated carbocycles. The normalized spacial score (nSPS) is 10.5. The summed E-state index contributed by atoms with van der Waals surface area (Å²) in [5.74, 6) is -1.58. The van der Waals surface area contributed by atoms with Gasteiger partial charge in [-0.15, -0.1) is 0 Å². The lowest BCUT2D eigenvalue weighted by atomic mass is 9.94. The van der Waals surface area contributed by atoms with E-state index in [1.807, 2.05) is 13.8 Å². The second-order valence-corrected chi connectivity index (χ2v) is 6.30. The molecule has 0 aliphatic rings. The summed E-state index contributed by atoms with van der Waals surface area (Å²) >= 11 is 5.82. The number of hydrogen-bond donors (Lipinski definition) is 3. The van der Waals surface area contributed by atoms with Crippen LogP contribution in [0.3, 0.4) is 0 Å². The van der Waals surface area contributed by atoms with Crippen LogP contribution < -0.4 is 0 Å². The van der Waals surface area contributed by atoms with Crippen molar-refractivity contribution in [2.45, 2.75) is 27.2 Å². The van der Waals surface area contributed by atoms with Crippen molar-refractivity contribution < 1.29 is 20.1 Å². The van der Waals surface area contributed by atoms with E-state index < -0.39 is 17.3 Å². The van der Waals surface area contributed by atoms with E-state index in [1.165, 1.54) is 0 Å². The van der Waals surface area contributed by atoms with Crippen LogP contribution in [0.1, 0.15) is 42.3 Å². The highest BCUT2D eigenvalue weighted by Crippen LogP contribution is 2.42. The van der Waals surface area contributed by atoms with Crippen LogP contribution in [0, 0.1) is 0 Å². The lowest BCUT2D eigenvalue weighted by molar-refractivity contribution is 0.0987. The SMILES string of the molecule is CC(C)=C(C)c1c(O)cc(O)c(C(=O)Cc2ccc(Cl)cc2)c1O. The number of ketones is 1. The van der Waals surface area contributed by atoms with E-state index in [9.17, 15) is 20.1 Å². The maximum absolute atomic E-state index is 12.5. The molecule has 0 spiro atoms. The molecule has 0 aliphatic carbocycles. The van der Waals surface area contributed by atoms with Crippen molar-refractivity contribution in [1.82, 2.24) is 0 Å². The van der Waals surface area contributed by atoms with E-state index in [1.54, 1.807) is 31.2 Å². The molecule has 0 aliphatic heterocycles. The fourth-order valence-electron chi connectivity index (χ4n) is 2.41. The quantitative estimate of drug-likeness (QED) is 0.701. The Hall–Kier alpha value is -2.46. The van der Waals surface area contributed by atoms with Gasteiger partial charge in [0.05, 0.1) is 5.56 Å². The molecule has 0 saturated heterocycles. The molecule has 0 unspecified atom stereocenters. The highest BCUT2D eigenvalue weighted by Gasteiger charge is 2.24. The topological polar surface area (TPSA) is 77.8 Å². The van der Waals surface area contributed by atoms with Gasteiger partial charge in [-0.2, -0.15) is 0 Å². The Bertz CT molecular complexity index is 816. The predicted molar refractivity (Wildman–Crippen MR) is 94.9 cm³/mol. The van der Waals surface area contributed by atoms with Crippen LogP contribution in [0.5, 0.6) is 17.2 Å². The zero-order chi connectivity index (χ0) is 18.0. The number of phenolic OH excluding ortho intramolecular Hbond substituents is 3. The molecule has 5 heteroatoms. The van der Waals surface area contributed by atoms with Gasteiger partial charge in [0, 0.05) is 17.5 Å². The molecule has 126 valence electrons. The summed E-state index contributed by atoms with van der Waals surface area (Å²) in [5, 5.41) is 31.1. The van der Waals surface area contributed by atoms with Crippen LogP contribution in [0.15, 0.2) is 35.9 Å². The van der Waals surface area contributed by atoms with Gasteiger partial charge in [0.1, 0.15) is 22.8 Å². The maximum Gasteiger partial charge on any atom is 0.174 e. The first-order valence-electron chi connectivity index (χ1n) is 7.42. The van der Waals surface area contributed by atoms with Gasteiger partial charge in [-0.25, -0.2) is 0 Å². The number of benzene rings is 2. The number of halogens is 1. The van der Waals surface area contributed by atoms with Crippen LogP contribution in [-0.2, 0) is 6.42 Å². The molecule has 4 nitrogen and oxygen atoms in total. The van der Waals surface area contributed by atoms with Crippen molar-refractivity contribution in [2.75, 3.05) is 0 Å². The van der Waals surface area contributed by atoms with Gasteiger partial charge < -0.3 is 15.3 Å². The van der Waals surface area contributed by atoms with Gasteiger partial charge in [0.25, 0.3) is 0 Å². The van der Waals surface area contributed by atoms with Crippen molar-refractivity contribution in [3.63, 3.8) is 0 Å². The number of rotatable bonds is 4. The summed E-state index contributed by atoms with van der Waals surface area (Å²) in [6.45, 7) is 5.39. The van der Waals surface area contributed by atoms with Crippen LogP contribution in [0.4, 0.5) is 0 Å². The molecule has 24 heavy (non-hydrogen) atoms. The monoisotopic (exact) mass is 346 g/mol. The average Bonchev–Trinajstić information content (AvgIpc) is 2.48. The first-order chi connectivity index (χ1) is 11.2. The van der Waals surface area contributed by atoms with E-state index >= 15 is 0 Å². The van der Waals surface area contributed by atoms with Gasteiger partial charge in [-0.05, 0) is 44.0 Å². The average molecular weight is 347 g/mol. The Kier molecular flexibility index (Phi) is 5.20. The molecular weight excluding hydrogens is 328 g/mol. The third-order valence-corrected chi connectivity index (χ3v) is 4.19. The summed E-state index contributed by atoms with van der Waals surface area (Å²) in [6, 6.07) is 7.82. The minimum Gasteiger partial charge on any atom is -0.507 e. The van der Waals surface area contributed by atoms with E-state index in [-0.39, 0.29) is 23.3 Å². The number of phenols is 3. The molecule has 2 aromatic carbocycles. The number of carbonyl (C=O) groups excluding carboxylic acids is 1. The van der Waals surface area contributed by atoms with Crippen molar-refractivity contribution in [2.24, 2.45) is 0 Å². The smallest absolute Gasteiger partial charge is 0.174 e. The van der Waals surface area contributed by atoms with Crippen molar-refractivity contribution >= 4 is 23.0 Å². The Morgan fingerprint density at radius 1 is 0.958 bits per heavy atom. The molecule has 0 fully saturated rings. The zero-order valence-corrected chi connectivity index (χ0v) is 14.5. The Labute approximate surface area is 145 Å². The summed E-state index contributed by atoms with van der Waals surface area (Å²) in [7, 11) is 0. The first-order valence-corrected chi connectivity index (χ1v) is 7.80. The minimum absolute atomic E-state index is 0.00360. The summed E-state index contributed by atoms with van der Waals surface area (Å²) in [6.07, 6.45) is -0.00360. The molecule has 0 radical (unpaired) electrons. The molecule has 3 N–H and O–H groups in total. The molecule has 0 aromatic heterocycles. The van der Waals surface area contributed by atoms with Crippen molar-refractivity contribution in [3.05, 3.63) is 57.6 Å². The van der Waals surface area contributed by atoms with Gasteiger partial charge in [0.2, 0.25) is 0 Å². The molecule has 2 rings (SSSR count). The van der Waals surface area contributed by atoms with Gasteiger partial charge >= 0.3 is 0 Å². The van der Waals surface area contributed by atoms with E-state index in [4.69, 9.17) is 11.6 Å². The van der Waals surface area contributed by atoms with E-state index in [2.05, 4.69) is 0 Å². The van der Waals surface area contributed by atoms with Crippen LogP contribution in [-0.4, -0.2) is 21.1 Å². The second-order valence-electron chi connectivity index (χ2n) is 5.86. The molecule has 0 amide bonds. The Morgan fingerprint density at radius 2 is 1.50 bits per heavy atom. The Morgan fingerprint density at radius 3 is 2.04 bits per heavy atom. The summed E-state index contributed by atoms with van der Waals surface area (Å²) < 4.78 is 0. The van der Waals surface area contributed by atoms with Crippen LogP contribution in [0.25, 0.3) is 5.57 Å². The third kappa shape index (κ3) is 3.54. The highest BCUT2D eigenvalue weighted by molar-refractivity contribution is 6.30. The number of hydrogen-bond acceptors (Lipinski definition) is 4. The molecular formula is C19H19ClO4. The van der Waals surface area contributed by atoms with Crippen LogP contribution >= 0.6 is 11.6 Å². The minimum atomic E-state index is -0.450. The fraction of sp³-hybridized carbons (Fsp3) is 0.211. The summed E-state index contributed by atoms with van der Waals surface area (Å²) in [4.78, 5) is 12.5. The second kappa shape index (κ2) is 6.97. The van der Waals surface area contributed by atoms with Gasteiger partial charge in [-0.3, -0.25) is 4.79 Å². The molecule has 0 bridgehead atoms. The maximum atomic E-state index is 12.5. The van der Waals surface area contributed by atoms with Crippen molar-refractivity contribution in [1.29, 1.82) is 0 Å². The molecule has 0 heterocycles. The zero-order valence-electron chi connectivity index (χ0n) is 13.7. The Balaban J connectivity index is 2.50. The van der Waals surface area contributed by atoms with Crippen LogP contribution in [0.2, 0.25) is 5.02 Å². The number of allylic oxidation sites excluding steroid dienone is 2. The number of aromatic hydroxyl groups is 3. The standard InChI is InChI=1S/C19H19ClO4/c1-10(2)11(3)17-15(22)9-16(23)18(19(17)24)14(21)8-12-4-6-13(20)7-5-12/h4-7,9,22-24H,8H2,1-3H3. The first kappa shape index (κ1) is 17.9. The third-order valence-electron chi connectivity index (χ3n) is 3.94. The van der Waals surface area contributed by atoms with E-state index in [0.717, 1.165) is 11.6 Å². The number of carbonyl (C=O) groups is 1. The fourth-order valence-corrected chi connectivity index (χ4v) is 2.54. The highest BCUT2D eigenvalue weighted by atomic mass is 35.5. The number of Topliss-reactive ketones (excluding diaryl/α,β-unsaturated/α-hetero) is 1. The van der Waals surface area contributed by atoms with E-state index in [0.29, 0.717) is 16.2 Å². The largest absolute Gasteiger partial charge is 0.507 e. The molecule has 2 aromatic rings.